The van der Waals surface area contributed by atoms with Gasteiger partial charge in [0.25, 0.3) is 0 Å². The predicted molar refractivity (Wildman–Crippen MR) is 104 cm³/mol. The summed E-state index contributed by atoms with van der Waals surface area (Å²) in [6.07, 6.45) is 0. The van der Waals surface area contributed by atoms with Crippen LogP contribution in [-0.2, 0) is 6.54 Å². The molecule has 26 heavy (non-hydrogen) atoms. The number of nitrogens with zero attached hydrogens (tertiary/aromatic N) is 1. The van der Waals surface area contributed by atoms with Crippen molar-refractivity contribution in [2.75, 3.05) is 26.7 Å². The van der Waals surface area contributed by atoms with Gasteiger partial charge in [0, 0.05) is 19.1 Å². The largest absolute Gasteiger partial charge is 0.497 e. The maximum Gasteiger partial charge on any atom is 0.335 e. The number of likely N-dealkylation sites (N-methyl/N-ethyl adjacent to an activating group) is 1. The van der Waals surface area contributed by atoms with E-state index in [2.05, 4.69) is 36.2 Å². The van der Waals surface area contributed by atoms with E-state index in [9.17, 15) is 4.79 Å². The summed E-state index contributed by atoms with van der Waals surface area (Å²) in [6.45, 7) is 7.62. The van der Waals surface area contributed by atoms with E-state index >= 15 is 0 Å². The summed E-state index contributed by atoms with van der Waals surface area (Å²) in [6, 6.07) is 15.4. The Morgan fingerprint density at radius 3 is 2.54 bits per heavy atom. The SMILES string of the molecule is CCN(CC)C(CNCc1cccc(C(=O)O)c1)c1cccc(OC)c1. The Balaban J connectivity index is 2.09. The zero-order valence-corrected chi connectivity index (χ0v) is 15.7. The Bertz CT molecular complexity index is 714. The first-order valence-electron chi connectivity index (χ1n) is 9.00. The molecule has 1 unspecified atom stereocenters. The second-order valence-electron chi connectivity index (χ2n) is 6.15. The van der Waals surface area contributed by atoms with Crippen LogP contribution in [0.4, 0.5) is 0 Å². The molecule has 0 saturated carbocycles. The molecule has 1 atom stereocenters. The van der Waals surface area contributed by atoms with Crippen LogP contribution in [-0.4, -0.2) is 42.7 Å². The molecule has 2 aromatic carbocycles. The Labute approximate surface area is 155 Å². The van der Waals surface area contributed by atoms with Gasteiger partial charge in [0.15, 0.2) is 0 Å². The van der Waals surface area contributed by atoms with Crippen molar-refractivity contribution >= 4 is 5.97 Å². The Kier molecular flexibility index (Phi) is 7.63. The van der Waals surface area contributed by atoms with E-state index in [1.165, 1.54) is 5.56 Å². The van der Waals surface area contributed by atoms with Gasteiger partial charge in [-0.2, -0.15) is 0 Å². The van der Waals surface area contributed by atoms with Crippen LogP contribution in [0.2, 0.25) is 0 Å². The number of carbonyl (C=O) groups is 1. The van der Waals surface area contributed by atoms with Crippen molar-refractivity contribution in [2.45, 2.75) is 26.4 Å². The van der Waals surface area contributed by atoms with Crippen LogP contribution < -0.4 is 10.1 Å². The lowest BCUT2D eigenvalue weighted by Crippen LogP contribution is -2.35. The number of rotatable bonds is 10. The van der Waals surface area contributed by atoms with Gasteiger partial charge in [-0.1, -0.05) is 38.1 Å². The number of carboxylic acids is 1. The van der Waals surface area contributed by atoms with Gasteiger partial charge in [0.2, 0.25) is 0 Å². The van der Waals surface area contributed by atoms with Crippen LogP contribution in [0.5, 0.6) is 5.75 Å². The number of hydrogen-bond donors (Lipinski definition) is 2. The first kappa shape index (κ1) is 19.9. The fourth-order valence-corrected chi connectivity index (χ4v) is 3.14. The quantitative estimate of drug-likeness (QED) is 0.681. The number of ether oxygens (including phenoxy) is 1. The molecule has 5 heteroatoms. The fraction of sp³-hybridized carbons (Fsp3) is 0.381. The molecule has 0 aliphatic rings. The van der Waals surface area contributed by atoms with E-state index in [-0.39, 0.29) is 6.04 Å². The van der Waals surface area contributed by atoms with Crippen molar-refractivity contribution in [2.24, 2.45) is 0 Å². The third-order valence-electron chi connectivity index (χ3n) is 4.57. The fourth-order valence-electron chi connectivity index (χ4n) is 3.14. The topological polar surface area (TPSA) is 61.8 Å². The maximum atomic E-state index is 11.1. The van der Waals surface area contributed by atoms with Crippen molar-refractivity contribution in [3.63, 3.8) is 0 Å². The lowest BCUT2D eigenvalue weighted by atomic mass is 10.0. The standard InChI is InChI=1S/C21H28N2O3/c1-4-23(5-2)20(17-9-7-11-19(13-17)26-3)15-22-14-16-8-6-10-18(12-16)21(24)25/h6-13,20,22H,4-5,14-15H2,1-3H3,(H,24,25). The maximum absolute atomic E-state index is 11.1. The summed E-state index contributed by atoms with van der Waals surface area (Å²) >= 11 is 0. The molecule has 0 aliphatic carbocycles. The van der Waals surface area contributed by atoms with Crippen LogP contribution >= 0.6 is 0 Å². The van der Waals surface area contributed by atoms with Crippen LogP contribution in [0.25, 0.3) is 0 Å². The number of carboxylic acid groups (broad SMARTS) is 1. The molecular weight excluding hydrogens is 328 g/mol. The average Bonchev–Trinajstić information content (AvgIpc) is 2.67. The molecule has 2 N–H and O–H groups in total. The van der Waals surface area contributed by atoms with E-state index in [0.29, 0.717) is 12.1 Å². The van der Waals surface area contributed by atoms with Gasteiger partial charge >= 0.3 is 5.97 Å². The summed E-state index contributed by atoms with van der Waals surface area (Å²) in [5.74, 6) is -0.0435. The van der Waals surface area contributed by atoms with Crippen LogP contribution in [0.1, 0.15) is 41.4 Å². The molecule has 0 saturated heterocycles. The van der Waals surface area contributed by atoms with Gasteiger partial charge < -0.3 is 15.2 Å². The molecule has 0 aliphatic heterocycles. The van der Waals surface area contributed by atoms with E-state index in [0.717, 1.165) is 30.9 Å². The normalized spacial score (nSPS) is 12.2. The number of benzene rings is 2. The smallest absolute Gasteiger partial charge is 0.335 e. The summed E-state index contributed by atoms with van der Waals surface area (Å²) in [5, 5.41) is 12.6. The number of methoxy groups -OCH3 is 1. The summed E-state index contributed by atoms with van der Waals surface area (Å²) in [7, 11) is 1.68. The van der Waals surface area contributed by atoms with Crippen LogP contribution in [0, 0.1) is 0 Å². The van der Waals surface area contributed by atoms with Gasteiger partial charge in [-0.25, -0.2) is 4.79 Å². The predicted octanol–water partition coefficient (Wildman–Crippen LogP) is 3.57. The first-order valence-corrected chi connectivity index (χ1v) is 9.00. The average molecular weight is 356 g/mol. The van der Waals surface area contributed by atoms with Crippen molar-refractivity contribution in [1.82, 2.24) is 10.2 Å². The van der Waals surface area contributed by atoms with Crippen molar-refractivity contribution in [3.8, 4) is 5.75 Å². The summed E-state index contributed by atoms with van der Waals surface area (Å²) < 4.78 is 5.37. The molecule has 2 rings (SSSR count). The molecule has 0 spiro atoms. The minimum Gasteiger partial charge on any atom is -0.497 e. The summed E-state index contributed by atoms with van der Waals surface area (Å²) in [4.78, 5) is 13.5. The van der Waals surface area contributed by atoms with E-state index in [4.69, 9.17) is 9.84 Å². The van der Waals surface area contributed by atoms with E-state index < -0.39 is 5.97 Å². The number of aromatic carboxylic acids is 1. The van der Waals surface area contributed by atoms with Crippen LogP contribution in [0.3, 0.4) is 0 Å². The highest BCUT2D eigenvalue weighted by atomic mass is 16.5. The lowest BCUT2D eigenvalue weighted by Gasteiger charge is -2.30. The first-order chi connectivity index (χ1) is 12.6. The number of nitrogens with one attached hydrogen (secondary N) is 1. The molecular formula is C21H28N2O3. The third-order valence-corrected chi connectivity index (χ3v) is 4.57. The van der Waals surface area contributed by atoms with Gasteiger partial charge in [0.1, 0.15) is 5.75 Å². The monoisotopic (exact) mass is 356 g/mol. The lowest BCUT2D eigenvalue weighted by molar-refractivity contribution is 0.0696. The second-order valence-corrected chi connectivity index (χ2v) is 6.15. The van der Waals surface area contributed by atoms with Crippen molar-refractivity contribution in [3.05, 3.63) is 65.2 Å². The zero-order chi connectivity index (χ0) is 18.9. The van der Waals surface area contributed by atoms with Crippen molar-refractivity contribution < 1.29 is 14.6 Å². The molecule has 0 radical (unpaired) electrons. The molecule has 0 heterocycles. The van der Waals surface area contributed by atoms with Crippen molar-refractivity contribution in [1.29, 1.82) is 0 Å². The minimum absolute atomic E-state index is 0.225. The van der Waals surface area contributed by atoms with E-state index in [1.54, 1.807) is 25.3 Å². The van der Waals surface area contributed by atoms with Gasteiger partial charge in [-0.15, -0.1) is 0 Å². The minimum atomic E-state index is -0.899. The highest BCUT2D eigenvalue weighted by molar-refractivity contribution is 5.87. The molecule has 0 amide bonds. The Morgan fingerprint density at radius 2 is 1.88 bits per heavy atom. The molecule has 2 aromatic rings. The highest BCUT2D eigenvalue weighted by Gasteiger charge is 2.18. The molecule has 140 valence electrons. The Hall–Kier alpha value is -2.37. The third kappa shape index (κ3) is 5.31. The van der Waals surface area contributed by atoms with Gasteiger partial charge in [-0.3, -0.25) is 4.90 Å². The number of hydrogen-bond acceptors (Lipinski definition) is 4. The van der Waals surface area contributed by atoms with E-state index in [1.807, 2.05) is 18.2 Å². The molecule has 5 nitrogen and oxygen atoms in total. The summed E-state index contributed by atoms with van der Waals surface area (Å²) in [5.41, 5.74) is 2.49. The molecule has 0 bridgehead atoms. The van der Waals surface area contributed by atoms with Crippen LogP contribution in [0.15, 0.2) is 48.5 Å². The molecule has 0 aromatic heterocycles. The van der Waals surface area contributed by atoms with Gasteiger partial charge in [-0.05, 0) is 48.5 Å². The highest BCUT2D eigenvalue weighted by Crippen LogP contribution is 2.24. The second kappa shape index (κ2) is 9.94. The zero-order valence-electron chi connectivity index (χ0n) is 15.7. The molecule has 0 fully saturated rings. The Morgan fingerprint density at radius 1 is 1.15 bits per heavy atom. The van der Waals surface area contributed by atoms with Gasteiger partial charge in [0.05, 0.1) is 12.7 Å².